The molecule has 1 unspecified atom stereocenters. The van der Waals surface area contributed by atoms with Crippen LogP contribution < -0.4 is 5.32 Å². The Labute approximate surface area is 124 Å². The molecule has 21 heavy (non-hydrogen) atoms. The Morgan fingerprint density at radius 2 is 1.76 bits per heavy atom. The molecule has 1 atom stereocenters. The molecule has 0 heterocycles. The summed E-state index contributed by atoms with van der Waals surface area (Å²) in [6, 6.07) is 15.4. The van der Waals surface area contributed by atoms with Gasteiger partial charge in [-0.15, -0.1) is 0 Å². The Morgan fingerprint density at radius 1 is 1.14 bits per heavy atom. The Bertz CT molecular complexity index is 583. The number of nitrogens with zero attached hydrogens (tertiary/aromatic N) is 1. The summed E-state index contributed by atoms with van der Waals surface area (Å²) in [7, 11) is 1.78. The van der Waals surface area contributed by atoms with Gasteiger partial charge in [-0.25, -0.2) is 4.39 Å². The number of hydrogen-bond acceptors (Lipinski definition) is 2. The van der Waals surface area contributed by atoms with E-state index in [1.807, 2.05) is 30.3 Å². The van der Waals surface area contributed by atoms with Crippen molar-refractivity contribution in [3.63, 3.8) is 0 Å². The van der Waals surface area contributed by atoms with E-state index >= 15 is 0 Å². The molecule has 110 valence electrons. The molecule has 0 radical (unpaired) electrons. The molecule has 2 aromatic rings. The average Bonchev–Trinajstić information content (AvgIpc) is 2.49. The zero-order valence-electron chi connectivity index (χ0n) is 12.2. The number of hydrogen-bond donors (Lipinski definition) is 1. The fourth-order valence-electron chi connectivity index (χ4n) is 2.12. The van der Waals surface area contributed by atoms with E-state index in [4.69, 9.17) is 0 Å². The van der Waals surface area contributed by atoms with Crippen LogP contribution in [0.25, 0.3) is 0 Å². The summed E-state index contributed by atoms with van der Waals surface area (Å²) in [5, 5.41) is 3.08. The largest absolute Gasteiger partial charge is 0.374 e. The van der Waals surface area contributed by atoms with Crippen molar-refractivity contribution in [1.29, 1.82) is 0 Å². The Hall–Kier alpha value is -2.36. The van der Waals surface area contributed by atoms with Gasteiger partial charge in [0.2, 0.25) is 5.91 Å². The van der Waals surface area contributed by atoms with Gasteiger partial charge in [0.1, 0.15) is 11.9 Å². The van der Waals surface area contributed by atoms with Crippen molar-refractivity contribution in [2.45, 2.75) is 19.5 Å². The summed E-state index contributed by atoms with van der Waals surface area (Å²) in [6.07, 6.45) is 0. The molecular weight excluding hydrogens is 267 g/mol. The molecule has 4 heteroatoms. The highest BCUT2D eigenvalue weighted by atomic mass is 19.1. The molecular formula is C17H19FN2O. The summed E-state index contributed by atoms with van der Waals surface area (Å²) in [5.74, 6) is -0.302. The SMILES string of the molecule is CC(Nc1ccc(F)cc1)C(=O)N(C)Cc1ccccc1. The highest BCUT2D eigenvalue weighted by molar-refractivity contribution is 5.84. The number of rotatable bonds is 5. The highest BCUT2D eigenvalue weighted by Crippen LogP contribution is 2.11. The van der Waals surface area contributed by atoms with Crippen LogP contribution >= 0.6 is 0 Å². The van der Waals surface area contributed by atoms with Crippen molar-refractivity contribution >= 4 is 11.6 Å². The lowest BCUT2D eigenvalue weighted by Crippen LogP contribution is -2.38. The van der Waals surface area contributed by atoms with Crippen LogP contribution in [0.4, 0.5) is 10.1 Å². The van der Waals surface area contributed by atoms with E-state index in [1.165, 1.54) is 12.1 Å². The first-order valence-electron chi connectivity index (χ1n) is 6.87. The molecule has 0 aromatic heterocycles. The molecule has 1 amide bonds. The first-order chi connectivity index (χ1) is 10.1. The standard InChI is InChI=1S/C17H19FN2O/c1-13(19-16-10-8-15(18)9-11-16)17(21)20(2)12-14-6-4-3-5-7-14/h3-11,13,19H,12H2,1-2H3. The maximum absolute atomic E-state index is 12.9. The normalized spacial score (nSPS) is 11.8. The smallest absolute Gasteiger partial charge is 0.244 e. The summed E-state index contributed by atoms with van der Waals surface area (Å²) in [5.41, 5.74) is 1.81. The molecule has 0 saturated carbocycles. The van der Waals surface area contributed by atoms with Gasteiger partial charge in [0.15, 0.2) is 0 Å². The van der Waals surface area contributed by atoms with Crippen molar-refractivity contribution in [3.8, 4) is 0 Å². The summed E-state index contributed by atoms with van der Waals surface area (Å²) in [4.78, 5) is 14.0. The Morgan fingerprint density at radius 3 is 2.38 bits per heavy atom. The van der Waals surface area contributed by atoms with E-state index in [9.17, 15) is 9.18 Å². The molecule has 0 aliphatic carbocycles. The molecule has 0 saturated heterocycles. The molecule has 0 spiro atoms. The lowest BCUT2D eigenvalue weighted by molar-refractivity contribution is -0.130. The summed E-state index contributed by atoms with van der Waals surface area (Å²) in [6.45, 7) is 2.36. The minimum Gasteiger partial charge on any atom is -0.374 e. The van der Waals surface area contributed by atoms with Crippen molar-refractivity contribution in [1.82, 2.24) is 4.90 Å². The minimum atomic E-state index is -0.371. The number of carbonyl (C=O) groups is 1. The Balaban J connectivity index is 1.93. The lowest BCUT2D eigenvalue weighted by atomic mass is 10.2. The number of nitrogens with one attached hydrogen (secondary N) is 1. The number of benzene rings is 2. The van der Waals surface area contributed by atoms with Gasteiger partial charge < -0.3 is 10.2 Å². The van der Waals surface area contributed by atoms with Gasteiger partial charge in [-0.2, -0.15) is 0 Å². The minimum absolute atomic E-state index is 0.0109. The zero-order valence-corrected chi connectivity index (χ0v) is 12.2. The lowest BCUT2D eigenvalue weighted by Gasteiger charge is -2.23. The van der Waals surface area contributed by atoms with Crippen molar-refractivity contribution in [2.75, 3.05) is 12.4 Å². The number of amides is 1. The average molecular weight is 286 g/mol. The van der Waals surface area contributed by atoms with E-state index in [1.54, 1.807) is 31.0 Å². The van der Waals surface area contributed by atoms with E-state index in [2.05, 4.69) is 5.32 Å². The molecule has 2 aromatic carbocycles. The van der Waals surface area contributed by atoms with E-state index in [-0.39, 0.29) is 17.8 Å². The molecule has 0 fully saturated rings. The summed E-state index contributed by atoms with van der Waals surface area (Å²) >= 11 is 0. The molecule has 1 N–H and O–H groups in total. The zero-order chi connectivity index (χ0) is 15.2. The number of anilines is 1. The van der Waals surface area contributed by atoms with Crippen LogP contribution in [0.1, 0.15) is 12.5 Å². The van der Waals surface area contributed by atoms with Crippen molar-refractivity contribution in [3.05, 3.63) is 66.0 Å². The first kappa shape index (κ1) is 15.0. The van der Waals surface area contributed by atoms with Crippen LogP contribution in [0.5, 0.6) is 0 Å². The van der Waals surface area contributed by atoms with Gasteiger partial charge in [0, 0.05) is 19.3 Å². The second-order valence-electron chi connectivity index (χ2n) is 5.05. The molecule has 2 rings (SSSR count). The van der Waals surface area contributed by atoms with Crippen LogP contribution in [0.2, 0.25) is 0 Å². The van der Waals surface area contributed by atoms with Crippen LogP contribution in [-0.4, -0.2) is 23.9 Å². The van der Waals surface area contributed by atoms with E-state index in [0.717, 1.165) is 11.3 Å². The summed E-state index contributed by atoms with van der Waals surface area (Å²) < 4.78 is 12.9. The highest BCUT2D eigenvalue weighted by Gasteiger charge is 2.17. The molecule has 0 aliphatic rings. The van der Waals surface area contributed by atoms with Crippen molar-refractivity contribution in [2.24, 2.45) is 0 Å². The predicted octanol–water partition coefficient (Wildman–Crippen LogP) is 3.28. The molecule has 3 nitrogen and oxygen atoms in total. The third kappa shape index (κ3) is 4.31. The second-order valence-corrected chi connectivity index (χ2v) is 5.05. The second kappa shape index (κ2) is 6.88. The van der Waals surface area contributed by atoms with Gasteiger partial charge >= 0.3 is 0 Å². The first-order valence-corrected chi connectivity index (χ1v) is 6.87. The number of likely N-dealkylation sites (N-methyl/N-ethyl adjacent to an activating group) is 1. The van der Waals surface area contributed by atoms with Crippen molar-refractivity contribution < 1.29 is 9.18 Å². The van der Waals surface area contributed by atoms with Gasteiger partial charge in [-0.05, 0) is 36.8 Å². The van der Waals surface area contributed by atoms with E-state index < -0.39 is 0 Å². The number of halogens is 1. The van der Waals surface area contributed by atoms with Gasteiger partial charge in [-0.3, -0.25) is 4.79 Å². The maximum Gasteiger partial charge on any atom is 0.244 e. The maximum atomic E-state index is 12.9. The van der Waals surface area contributed by atoms with Crippen LogP contribution in [0, 0.1) is 5.82 Å². The number of carbonyl (C=O) groups excluding carboxylic acids is 1. The van der Waals surface area contributed by atoms with E-state index in [0.29, 0.717) is 6.54 Å². The van der Waals surface area contributed by atoms with Crippen LogP contribution in [-0.2, 0) is 11.3 Å². The molecule has 0 bridgehead atoms. The fraction of sp³-hybridized carbons (Fsp3) is 0.235. The third-order valence-electron chi connectivity index (χ3n) is 3.24. The van der Waals surface area contributed by atoms with Gasteiger partial charge in [-0.1, -0.05) is 30.3 Å². The topological polar surface area (TPSA) is 32.3 Å². The van der Waals surface area contributed by atoms with Gasteiger partial charge in [0.05, 0.1) is 0 Å². The monoisotopic (exact) mass is 286 g/mol. The molecule has 0 aliphatic heterocycles. The fourth-order valence-corrected chi connectivity index (χ4v) is 2.12. The Kier molecular flexibility index (Phi) is 4.93. The predicted molar refractivity (Wildman–Crippen MR) is 82.4 cm³/mol. The quantitative estimate of drug-likeness (QED) is 0.914. The van der Waals surface area contributed by atoms with Crippen LogP contribution in [0.15, 0.2) is 54.6 Å². The van der Waals surface area contributed by atoms with Gasteiger partial charge in [0.25, 0.3) is 0 Å². The third-order valence-corrected chi connectivity index (χ3v) is 3.24. The van der Waals surface area contributed by atoms with Crippen LogP contribution in [0.3, 0.4) is 0 Å².